The van der Waals surface area contributed by atoms with Crippen molar-refractivity contribution >= 4 is 22.9 Å². The number of nitrogens with zero attached hydrogens (tertiary/aromatic N) is 2. The average Bonchev–Trinajstić information content (AvgIpc) is 3.33. The van der Waals surface area contributed by atoms with Gasteiger partial charge in [-0.2, -0.15) is 13.2 Å². The lowest BCUT2D eigenvalue weighted by Crippen LogP contribution is -2.19. The van der Waals surface area contributed by atoms with Crippen molar-refractivity contribution < 1.29 is 23.4 Å². The number of aliphatic hydroxyl groups is 2. The number of hydrogen-bond donors (Lipinski definition) is 2. The third kappa shape index (κ3) is 7.47. The Kier molecular flexibility index (Phi) is 9.81. The van der Waals surface area contributed by atoms with E-state index >= 15 is 0 Å². The maximum absolute atomic E-state index is 14.0. The van der Waals surface area contributed by atoms with Crippen LogP contribution < -0.4 is 0 Å². The molecule has 8 heteroatoms. The molecule has 0 saturated heterocycles. The van der Waals surface area contributed by atoms with E-state index in [9.17, 15) is 23.4 Å². The molecule has 2 N–H and O–H groups in total. The molecule has 0 saturated carbocycles. The van der Waals surface area contributed by atoms with Crippen molar-refractivity contribution in [3.63, 3.8) is 0 Å². The maximum atomic E-state index is 14.0. The van der Waals surface area contributed by atoms with Gasteiger partial charge in [-0.15, -0.1) is 11.8 Å². The Balaban J connectivity index is 2.22. The summed E-state index contributed by atoms with van der Waals surface area (Å²) in [5, 5.41) is 23.0. The molecule has 0 amide bonds. The van der Waals surface area contributed by atoms with E-state index in [1.165, 1.54) is 6.08 Å². The molecule has 1 heterocycles. The van der Waals surface area contributed by atoms with Crippen LogP contribution in [0.1, 0.15) is 77.0 Å². The molecule has 1 aromatic carbocycles. The predicted molar refractivity (Wildman–Crippen MR) is 160 cm³/mol. The van der Waals surface area contributed by atoms with Crippen molar-refractivity contribution in [3.05, 3.63) is 94.0 Å². The molecule has 4 nitrogen and oxygen atoms in total. The lowest BCUT2D eigenvalue weighted by Gasteiger charge is -2.21. The van der Waals surface area contributed by atoms with Gasteiger partial charge in [-0.1, -0.05) is 37.3 Å². The van der Waals surface area contributed by atoms with Crippen LogP contribution in [0.15, 0.2) is 71.3 Å². The van der Waals surface area contributed by atoms with Gasteiger partial charge in [-0.05, 0) is 106 Å². The van der Waals surface area contributed by atoms with Crippen molar-refractivity contribution in [2.75, 3.05) is 6.26 Å². The van der Waals surface area contributed by atoms with Crippen LogP contribution in [0.4, 0.5) is 13.2 Å². The molecule has 0 aliphatic heterocycles. The minimum Gasteiger partial charge on any atom is -0.386 e. The predicted octanol–water partition coefficient (Wildman–Crippen LogP) is 8.31. The van der Waals surface area contributed by atoms with Crippen LogP contribution in [0.2, 0.25) is 0 Å². The van der Waals surface area contributed by atoms with E-state index in [0.29, 0.717) is 24.9 Å². The average molecular weight is 573 g/mol. The van der Waals surface area contributed by atoms with E-state index < -0.39 is 23.0 Å². The Morgan fingerprint density at radius 2 is 1.75 bits per heavy atom. The number of alkyl halides is 3. The molecule has 2 aromatic rings. The molecule has 0 atom stereocenters. The molecule has 1 aliphatic carbocycles. The third-order valence-corrected chi connectivity index (χ3v) is 7.36. The minimum absolute atomic E-state index is 0.0242. The number of halogens is 3. The highest BCUT2D eigenvalue weighted by molar-refractivity contribution is 8.01. The van der Waals surface area contributed by atoms with Crippen LogP contribution in [0.5, 0.6) is 0 Å². The second kappa shape index (κ2) is 12.4. The Bertz CT molecular complexity index is 1380. The van der Waals surface area contributed by atoms with Crippen LogP contribution in [0, 0.1) is 0 Å². The number of aromatic nitrogens is 2. The van der Waals surface area contributed by atoms with Crippen LogP contribution >= 0.6 is 11.8 Å². The summed E-state index contributed by atoms with van der Waals surface area (Å²) in [6.45, 7) is 10.5. The summed E-state index contributed by atoms with van der Waals surface area (Å²) in [5.74, 6) is 0.157. The Hall–Kier alpha value is -2.81. The molecule has 3 rings (SSSR count). The van der Waals surface area contributed by atoms with Crippen LogP contribution in [-0.2, 0) is 12.0 Å². The lowest BCUT2D eigenvalue weighted by molar-refractivity contribution is -0.0875. The first kappa shape index (κ1) is 31.7. The van der Waals surface area contributed by atoms with Crippen LogP contribution in [0.25, 0.3) is 16.8 Å². The number of imidazole rings is 1. The standard InChI is InChI=1S/C32H39F3N2O2S/c1-8-22-19-24(23(17-18-40-7)14-13-21(2)30(3,4)38)15-16-27(22)37-20-28(31(5,6)39)36-29(37)25-11-9-10-12-26(25)32(33,34)35/h11-20,38-39H,8-10H2,1-7H3/b18-17+,21-13+,23-14+. The van der Waals surface area contributed by atoms with Crippen molar-refractivity contribution in [3.8, 4) is 5.69 Å². The second-order valence-electron chi connectivity index (χ2n) is 11.0. The molecule has 1 aliphatic rings. The summed E-state index contributed by atoms with van der Waals surface area (Å²) in [4.78, 5) is 4.54. The molecular formula is C32H39F3N2O2S. The van der Waals surface area contributed by atoms with E-state index in [2.05, 4.69) is 4.98 Å². The molecule has 1 aromatic heterocycles. The highest BCUT2D eigenvalue weighted by Gasteiger charge is 2.39. The van der Waals surface area contributed by atoms with Gasteiger partial charge < -0.3 is 10.2 Å². The summed E-state index contributed by atoms with van der Waals surface area (Å²) in [6, 6.07) is 5.85. The first-order valence-corrected chi connectivity index (χ1v) is 14.6. The number of aryl methyl sites for hydroxylation is 1. The van der Waals surface area contributed by atoms with Gasteiger partial charge in [0.1, 0.15) is 11.4 Å². The van der Waals surface area contributed by atoms with E-state index in [1.807, 2.05) is 61.9 Å². The molecular weight excluding hydrogens is 533 g/mol. The largest absolute Gasteiger partial charge is 0.416 e. The summed E-state index contributed by atoms with van der Waals surface area (Å²) in [5.41, 5.74) is 1.61. The van der Waals surface area contributed by atoms with E-state index in [1.54, 1.807) is 56.3 Å². The molecule has 0 radical (unpaired) electrons. The first-order chi connectivity index (χ1) is 18.6. The smallest absolute Gasteiger partial charge is 0.386 e. The van der Waals surface area contributed by atoms with E-state index in [0.717, 1.165) is 22.3 Å². The third-order valence-electron chi connectivity index (χ3n) is 6.95. The highest BCUT2D eigenvalue weighted by atomic mass is 32.2. The van der Waals surface area contributed by atoms with Crippen molar-refractivity contribution in [2.24, 2.45) is 0 Å². The number of thioether (sulfide) groups is 1. The number of rotatable bonds is 9. The van der Waals surface area contributed by atoms with Crippen molar-refractivity contribution in [2.45, 2.75) is 78.2 Å². The summed E-state index contributed by atoms with van der Waals surface area (Å²) in [6.07, 6.45) is 9.14. The fourth-order valence-electron chi connectivity index (χ4n) is 4.30. The van der Waals surface area contributed by atoms with Gasteiger partial charge in [0, 0.05) is 11.8 Å². The Labute approximate surface area is 239 Å². The summed E-state index contributed by atoms with van der Waals surface area (Å²) < 4.78 is 43.7. The molecule has 40 heavy (non-hydrogen) atoms. The maximum Gasteiger partial charge on any atom is 0.416 e. The number of allylic oxidation sites excluding steroid dienone is 8. The molecule has 0 unspecified atom stereocenters. The monoisotopic (exact) mass is 572 g/mol. The van der Waals surface area contributed by atoms with E-state index in [-0.39, 0.29) is 17.1 Å². The van der Waals surface area contributed by atoms with Gasteiger partial charge in [-0.25, -0.2) is 4.98 Å². The zero-order chi connectivity index (χ0) is 29.9. The van der Waals surface area contributed by atoms with Gasteiger partial charge in [0.2, 0.25) is 0 Å². The van der Waals surface area contributed by atoms with Gasteiger partial charge in [0.25, 0.3) is 0 Å². The Morgan fingerprint density at radius 3 is 2.33 bits per heavy atom. The second-order valence-corrected chi connectivity index (χ2v) is 11.7. The number of benzene rings is 1. The highest BCUT2D eigenvalue weighted by Crippen LogP contribution is 2.41. The lowest BCUT2D eigenvalue weighted by atomic mass is 9.95. The van der Waals surface area contributed by atoms with E-state index in [4.69, 9.17) is 0 Å². The molecule has 0 fully saturated rings. The van der Waals surface area contributed by atoms with Gasteiger partial charge in [-0.3, -0.25) is 4.57 Å². The van der Waals surface area contributed by atoms with Crippen molar-refractivity contribution in [1.29, 1.82) is 0 Å². The fraction of sp³-hybridized carbons (Fsp3) is 0.406. The normalized spacial score (nSPS) is 16.0. The molecule has 0 spiro atoms. The zero-order valence-corrected chi connectivity index (χ0v) is 25.0. The first-order valence-electron chi connectivity index (χ1n) is 13.3. The fourth-order valence-corrected chi connectivity index (χ4v) is 4.58. The Morgan fingerprint density at radius 1 is 1.07 bits per heavy atom. The SMILES string of the molecule is CCc1cc(C(/C=C/SC)=C/C=C(\C)C(C)(C)O)ccc1-n1cc(C(C)(C)O)nc1C1=CCCC=C1C(F)(F)F. The van der Waals surface area contributed by atoms with Gasteiger partial charge in [0.15, 0.2) is 0 Å². The summed E-state index contributed by atoms with van der Waals surface area (Å²) in [7, 11) is 0. The molecule has 0 bridgehead atoms. The topological polar surface area (TPSA) is 58.3 Å². The van der Waals surface area contributed by atoms with Gasteiger partial charge >= 0.3 is 6.18 Å². The van der Waals surface area contributed by atoms with Gasteiger partial charge in [0.05, 0.1) is 22.6 Å². The van der Waals surface area contributed by atoms with Crippen molar-refractivity contribution in [1.82, 2.24) is 9.55 Å². The quantitative estimate of drug-likeness (QED) is 0.297. The van der Waals surface area contributed by atoms with Crippen LogP contribution in [0.3, 0.4) is 0 Å². The summed E-state index contributed by atoms with van der Waals surface area (Å²) >= 11 is 1.57. The van der Waals surface area contributed by atoms with Crippen LogP contribution in [-0.4, -0.2) is 37.8 Å². The molecule has 216 valence electrons. The number of hydrogen-bond acceptors (Lipinski definition) is 4. The zero-order valence-electron chi connectivity index (χ0n) is 24.2. The minimum atomic E-state index is -4.52.